The van der Waals surface area contributed by atoms with Crippen molar-refractivity contribution in [2.75, 3.05) is 19.0 Å². The molecule has 0 atom stereocenters. The van der Waals surface area contributed by atoms with E-state index in [4.69, 9.17) is 0 Å². The van der Waals surface area contributed by atoms with Gasteiger partial charge in [0.2, 0.25) is 0 Å². The number of thiophene rings is 1. The van der Waals surface area contributed by atoms with Gasteiger partial charge in [0.25, 0.3) is 0 Å². The molecule has 17 heavy (non-hydrogen) atoms. The van der Waals surface area contributed by atoms with Crippen LogP contribution >= 0.6 is 11.3 Å². The Labute approximate surface area is 109 Å². The second kappa shape index (κ2) is 4.98. The molecule has 1 aromatic rings. The molecule has 1 aromatic heterocycles. The molecule has 0 bridgehead atoms. The third kappa shape index (κ3) is 3.94. The molecule has 0 amide bonds. The second-order valence-electron chi connectivity index (χ2n) is 5.50. The van der Waals surface area contributed by atoms with E-state index in [0.29, 0.717) is 0 Å². The van der Waals surface area contributed by atoms with Crippen molar-refractivity contribution in [3.8, 4) is 11.8 Å². The number of allylic oxidation sites excluding steroid dienone is 1. The monoisotopic (exact) mass is 247 g/mol. The summed E-state index contributed by atoms with van der Waals surface area (Å²) in [7, 11) is 4.10. The third-order valence-electron chi connectivity index (χ3n) is 2.14. The van der Waals surface area contributed by atoms with Crippen LogP contribution < -0.4 is 4.90 Å². The molecule has 0 aliphatic carbocycles. The summed E-state index contributed by atoms with van der Waals surface area (Å²) < 4.78 is 0. The van der Waals surface area contributed by atoms with E-state index in [1.807, 2.05) is 6.92 Å². The number of rotatable bonds is 2. The standard InChI is InChI=1S/C15H21NS/c1-11(2)14-13(16(6)7)10-12(17-14)8-9-15(3,4)5/h10H,1H2,2-7H3. The summed E-state index contributed by atoms with van der Waals surface area (Å²) in [4.78, 5) is 4.46. The van der Waals surface area contributed by atoms with E-state index >= 15 is 0 Å². The highest BCUT2D eigenvalue weighted by atomic mass is 32.1. The van der Waals surface area contributed by atoms with Gasteiger partial charge in [0, 0.05) is 19.5 Å². The maximum absolute atomic E-state index is 4.03. The summed E-state index contributed by atoms with van der Waals surface area (Å²) >= 11 is 1.72. The highest BCUT2D eigenvalue weighted by molar-refractivity contribution is 7.14. The summed E-state index contributed by atoms with van der Waals surface area (Å²) in [5.41, 5.74) is 2.36. The summed E-state index contributed by atoms with van der Waals surface area (Å²) in [6.07, 6.45) is 0. The van der Waals surface area contributed by atoms with Crippen molar-refractivity contribution >= 4 is 22.6 Å². The largest absolute Gasteiger partial charge is 0.376 e. The van der Waals surface area contributed by atoms with Crippen molar-refractivity contribution < 1.29 is 0 Å². The third-order valence-corrected chi connectivity index (χ3v) is 3.34. The van der Waals surface area contributed by atoms with Gasteiger partial charge in [-0.2, -0.15) is 0 Å². The maximum Gasteiger partial charge on any atom is 0.0796 e. The van der Waals surface area contributed by atoms with Crippen molar-refractivity contribution in [1.29, 1.82) is 0 Å². The van der Waals surface area contributed by atoms with Crippen LogP contribution in [0.2, 0.25) is 0 Å². The minimum atomic E-state index is 0.0473. The average Bonchev–Trinajstić information content (AvgIpc) is 2.57. The van der Waals surface area contributed by atoms with Gasteiger partial charge in [-0.1, -0.05) is 18.4 Å². The molecule has 0 N–H and O–H groups in total. The van der Waals surface area contributed by atoms with E-state index < -0.39 is 0 Å². The normalized spacial score (nSPS) is 10.7. The van der Waals surface area contributed by atoms with Gasteiger partial charge in [0.1, 0.15) is 0 Å². The molecule has 0 aromatic carbocycles. The van der Waals surface area contributed by atoms with Crippen LogP contribution in [0.3, 0.4) is 0 Å². The van der Waals surface area contributed by atoms with Crippen LogP contribution in [0.1, 0.15) is 37.4 Å². The van der Waals surface area contributed by atoms with Crippen LogP contribution in [0.4, 0.5) is 5.69 Å². The fourth-order valence-electron chi connectivity index (χ4n) is 1.33. The van der Waals surface area contributed by atoms with Gasteiger partial charge >= 0.3 is 0 Å². The fraction of sp³-hybridized carbons (Fsp3) is 0.467. The molecule has 0 radical (unpaired) electrons. The molecule has 0 unspecified atom stereocenters. The second-order valence-corrected chi connectivity index (χ2v) is 6.55. The van der Waals surface area contributed by atoms with E-state index in [-0.39, 0.29) is 5.41 Å². The van der Waals surface area contributed by atoms with E-state index in [1.54, 1.807) is 11.3 Å². The van der Waals surface area contributed by atoms with Crippen LogP contribution in [0.5, 0.6) is 0 Å². The Morgan fingerprint density at radius 3 is 2.29 bits per heavy atom. The highest BCUT2D eigenvalue weighted by Gasteiger charge is 2.11. The Hall–Kier alpha value is -1.20. The molecule has 0 spiro atoms. The van der Waals surface area contributed by atoms with Crippen molar-refractivity contribution in [2.24, 2.45) is 5.41 Å². The Kier molecular flexibility index (Phi) is 4.06. The van der Waals surface area contributed by atoms with Gasteiger partial charge in [-0.05, 0) is 39.3 Å². The molecule has 0 fully saturated rings. The van der Waals surface area contributed by atoms with Gasteiger partial charge in [-0.3, -0.25) is 0 Å². The smallest absolute Gasteiger partial charge is 0.0796 e. The summed E-state index contributed by atoms with van der Waals surface area (Å²) in [6, 6.07) is 2.15. The van der Waals surface area contributed by atoms with Gasteiger partial charge in [0.15, 0.2) is 0 Å². The molecule has 1 heterocycles. The SMILES string of the molecule is C=C(C)c1sc(C#CC(C)(C)C)cc1N(C)C. The van der Waals surface area contributed by atoms with Gasteiger partial charge in [-0.25, -0.2) is 0 Å². The average molecular weight is 247 g/mol. The first-order valence-electron chi connectivity index (χ1n) is 5.71. The first-order valence-corrected chi connectivity index (χ1v) is 6.52. The van der Waals surface area contributed by atoms with Crippen LogP contribution in [0.15, 0.2) is 12.6 Å². The number of nitrogens with zero attached hydrogens (tertiary/aromatic N) is 1. The highest BCUT2D eigenvalue weighted by Crippen LogP contribution is 2.33. The molecule has 0 saturated heterocycles. The minimum absolute atomic E-state index is 0.0473. The van der Waals surface area contributed by atoms with Crippen LogP contribution in [0, 0.1) is 17.3 Å². The molecule has 1 rings (SSSR count). The van der Waals surface area contributed by atoms with E-state index in [0.717, 1.165) is 10.5 Å². The van der Waals surface area contributed by atoms with Crippen molar-refractivity contribution in [3.05, 3.63) is 22.4 Å². The summed E-state index contributed by atoms with van der Waals surface area (Å²) in [5.74, 6) is 6.52. The number of hydrogen-bond acceptors (Lipinski definition) is 2. The molecular formula is C15H21NS. The van der Waals surface area contributed by atoms with Gasteiger partial charge < -0.3 is 4.90 Å². The Balaban J connectivity index is 3.16. The zero-order valence-corrected chi connectivity index (χ0v) is 12.5. The molecule has 1 nitrogen and oxygen atoms in total. The van der Waals surface area contributed by atoms with E-state index in [2.05, 4.69) is 64.3 Å². The van der Waals surface area contributed by atoms with Gasteiger partial charge in [0.05, 0.1) is 15.4 Å². The first-order chi connectivity index (χ1) is 7.70. The van der Waals surface area contributed by atoms with E-state index in [1.165, 1.54) is 10.6 Å². The Bertz CT molecular complexity index is 475. The minimum Gasteiger partial charge on any atom is -0.376 e. The van der Waals surface area contributed by atoms with Gasteiger partial charge in [-0.15, -0.1) is 11.3 Å². The fourth-order valence-corrected chi connectivity index (χ4v) is 2.34. The molecule has 0 saturated carbocycles. The van der Waals surface area contributed by atoms with E-state index in [9.17, 15) is 0 Å². The van der Waals surface area contributed by atoms with Crippen LogP contribution in [0.25, 0.3) is 5.57 Å². The lowest BCUT2D eigenvalue weighted by molar-refractivity contribution is 0.571. The predicted molar refractivity (Wildman–Crippen MR) is 79.7 cm³/mol. The maximum atomic E-state index is 4.03. The summed E-state index contributed by atoms with van der Waals surface area (Å²) in [5, 5.41) is 0. The topological polar surface area (TPSA) is 3.24 Å². The first kappa shape index (κ1) is 13.9. The Morgan fingerprint density at radius 2 is 1.94 bits per heavy atom. The lowest BCUT2D eigenvalue weighted by Crippen LogP contribution is -2.08. The predicted octanol–water partition coefficient (Wildman–Crippen LogP) is 4.24. The zero-order valence-electron chi connectivity index (χ0n) is 11.6. The van der Waals surface area contributed by atoms with Crippen LogP contribution in [-0.4, -0.2) is 14.1 Å². The van der Waals surface area contributed by atoms with Crippen molar-refractivity contribution in [3.63, 3.8) is 0 Å². The molecule has 92 valence electrons. The van der Waals surface area contributed by atoms with Crippen LogP contribution in [-0.2, 0) is 0 Å². The molecular weight excluding hydrogens is 226 g/mol. The number of hydrogen-bond donors (Lipinski definition) is 0. The quantitative estimate of drug-likeness (QED) is 0.706. The lowest BCUT2D eigenvalue weighted by atomic mass is 9.98. The summed E-state index contributed by atoms with van der Waals surface area (Å²) in [6.45, 7) is 12.4. The Morgan fingerprint density at radius 1 is 1.35 bits per heavy atom. The number of anilines is 1. The van der Waals surface area contributed by atoms with Crippen molar-refractivity contribution in [2.45, 2.75) is 27.7 Å². The molecule has 0 aliphatic rings. The molecule has 2 heteroatoms. The molecule has 0 aliphatic heterocycles. The lowest BCUT2D eigenvalue weighted by Gasteiger charge is -2.12. The van der Waals surface area contributed by atoms with Crippen molar-refractivity contribution in [1.82, 2.24) is 0 Å². The zero-order chi connectivity index (χ0) is 13.2.